The highest BCUT2D eigenvalue weighted by atomic mass is 32.1. The van der Waals surface area contributed by atoms with Crippen molar-refractivity contribution in [3.63, 3.8) is 0 Å². The molecule has 3 nitrogen and oxygen atoms in total. The van der Waals surface area contributed by atoms with Crippen LogP contribution < -0.4 is 5.32 Å². The van der Waals surface area contributed by atoms with Crippen LogP contribution in [0.2, 0.25) is 0 Å². The average Bonchev–Trinajstić information content (AvgIpc) is 2.80. The molecule has 1 aliphatic rings. The standard InChI is InChI=1S/C12H19NO2S/c1-3-9-4-5-11(16-9)12(13-2)10-8-14-6-7-15-10/h4-5,10,12-13H,3,6-8H2,1-2H3. The molecule has 1 aromatic heterocycles. The summed E-state index contributed by atoms with van der Waals surface area (Å²) in [5.41, 5.74) is 0. The second-order valence-electron chi connectivity index (χ2n) is 3.91. The summed E-state index contributed by atoms with van der Waals surface area (Å²) >= 11 is 1.86. The number of rotatable bonds is 4. The molecular weight excluding hydrogens is 222 g/mol. The molecule has 2 rings (SSSR count). The summed E-state index contributed by atoms with van der Waals surface area (Å²) in [6.45, 7) is 4.29. The van der Waals surface area contributed by atoms with Crippen LogP contribution in [0.25, 0.3) is 0 Å². The second-order valence-corrected chi connectivity index (χ2v) is 5.11. The molecule has 16 heavy (non-hydrogen) atoms. The molecule has 2 heterocycles. The van der Waals surface area contributed by atoms with E-state index in [4.69, 9.17) is 9.47 Å². The van der Waals surface area contributed by atoms with Gasteiger partial charge >= 0.3 is 0 Å². The molecule has 2 unspecified atom stereocenters. The number of likely N-dealkylation sites (N-methyl/N-ethyl adjacent to an activating group) is 1. The average molecular weight is 241 g/mol. The minimum atomic E-state index is 0.141. The molecule has 0 saturated carbocycles. The Labute approximate surface area is 101 Å². The van der Waals surface area contributed by atoms with E-state index < -0.39 is 0 Å². The molecule has 0 aromatic carbocycles. The number of thiophene rings is 1. The number of nitrogens with one attached hydrogen (secondary N) is 1. The van der Waals surface area contributed by atoms with Gasteiger partial charge in [-0.05, 0) is 25.6 Å². The molecule has 0 spiro atoms. The quantitative estimate of drug-likeness (QED) is 0.874. The zero-order valence-electron chi connectivity index (χ0n) is 9.86. The van der Waals surface area contributed by atoms with Crippen LogP contribution in [-0.4, -0.2) is 33.0 Å². The van der Waals surface area contributed by atoms with Crippen molar-refractivity contribution in [3.8, 4) is 0 Å². The number of hydrogen-bond donors (Lipinski definition) is 1. The van der Waals surface area contributed by atoms with Crippen LogP contribution in [0.4, 0.5) is 0 Å². The van der Waals surface area contributed by atoms with Crippen molar-refractivity contribution in [1.82, 2.24) is 5.32 Å². The third-order valence-corrected chi connectivity index (χ3v) is 4.17. The van der Waals surface area contributed by atoms with Crippen molar-refractivity contribution >= 4 is 11.3 Å². The summed E-state index contributed by atoms with van der Waals surface area (Å²) < 4.78 is 11.2. The topological polar surface area (TPSA) is 30.5 Å². The third-order valence-electron chi connectivity index (χ3n) is 2.86. The lowest BCUT2D eigenvalue weighted by Crippen LogP contribution is -2.38. The van der Waals surface area contributed by atoms with Crippen molar-refractivity contribution in [3.05, 3.63) is 21.9 Å². The van der Waals surface area contributed by atoms with Crippen LogP contribution in [0.15, 0.2) is 12.1 Å². The Hall–Kier alpha value is -0.420. The maximum Gasteiger partial charge on any atom is 0.101 e. The van der Waals surface area contributed by atoms with Crippen molar-refractivity contribution in [2.24, 2.45) is 0 Å². The molecule has 0 radical (unpaired) electrons. The molecule has 1 N–H and O–H groups in total. The molecule has 0 bridgehead atoms. The Kier molecular flexibility index (Phi) is 4.35. The zero-order valence-corrected chi connectivity index (χ0v) is 10.7. The Morgan fingerprint density at radius 2 is 2.38 bits per heavy atom. The molecule has 1 aliphatic heterocycles. The highest BCUT2D eigenvalue weighted by Crippen LogP contribution is 2.28. The van der Waals surface area contributed by atoms with Crippen LogP contribution in [0.1, 0.15) is 22.7 Å². The normalized spacial score (nSPS) is 23.2. The molecule has 4 heteroatoms. The monoisotopic (exact) mass is 241 g/mol. The van der Waals surface area contributed by atoms with Crippen LogP contribution in [0.5, 0.6) is 0 Å². The van der Waals surface area contributed by atoms with E-state index in [0.29, 0.717) is 13.2 Å². The summed E-state index contributed by atoms with van der Waals surface area (Å²) in [6.07, 6.45) is 1.24. The Balaban J connectivity index is 2.08. The lowest BCUT2D eigenvalue weighted by Gasteiger charge is -2.29. The number of hydrogen-bond acceptors (Lipinski definition) is 4. The predicted octanol–water partition coefficient (Wildman–Crippen LogP) is 1.99. The molecule has 0 aliphatic carbocycles. The molecule has 1 aromatic rings. The van der Waals surface area contributed by atoms with Gasteiger partial charge in [-0.1, -0.05) is 6.92 Å². The first-order valence-corrected chi connectivity index (χ1v) is 6.62. The summed E-state index contributed by atoms with van der Waals surface area (Å²) in [5, 5.41) is 3.33. The van der Waals surface area contributed by atoms with E-state index in [1.165, 1.54) is 9.75 Å². The first-order chi connectivity index (χ1) is 7.85. The first kappa shape index (κ1) is 12.0. The Morgan fingerprint density at radius 3 is 2.94 bits per heavy atom. The summed E-state index contributed by atoms with van der Waals surface area (Å²) in [4.78, 5) is 2.77. The largest absolute Gasteiger partial charge is 0.376 e. The summed E-state index contributed by atoms with van der Waals surface area (Å²) in [7, 11) is 1.98. The van der Waals surface area contributed by atoms with Crippen molar-refractivity contribution < 1.29 is 9.47 Å². The van der Waals surface area contributed by atoms with E-state index in [1.807, 2.05) is 18.4 Å². The maximum absolute atomic E-state index is 5.75. The van der Waals surface area contributed by atoms with Gasteiger partial charge in [0.2, 0.25) is 0 Å². The van der Waals surface area contributed by atoms with E-state index in [1.54, 1.807) is 0 Å². The summed E-state index contributed by atoms with van der Waals surface area (Å²) in [6, 6.07) is 4.65. The predicted molar refractivity (Wildman–Crippen MR) is 66.1 cm³/mol. The Bertz CT molecular complexity index is 321. The number of ether oxygens (including phenoxy) is 2. The van der Waals surface area contributed by atoms with E-state index in [9.17, 15) is 0 Å². The van der Waals surface area contributed by atoms with E-state index >= 15 is 0 Å². The number of aryl methyl sites for hydroxylation is 1. The lowest BCUT2D eigenvalue weighted by molar-refractivity contribution is -0.101. The van der Waals surface area contributed by atoms with Crippen LogP contribution in [0.3, 0.4) is 0 Å². The molecular formula is C12H19NO2S. The lowest BCUT2D eigenvalue weighted by atomic mass is 10.1. The van der Waals surface area contributed by atoms with Crippen LogP contribution in [-0.2, 0) is 15.9 Å². The molecule has 1 saturated heterocycles. The third kappa shape index (κ3) is 2.63. The minimum absolute atomic E-state index is 0.141. The van der Waals surface area contributed by atoms with Crippen molar-refractivity contribution in [1.29, 1.82) is 0 Å². The van der Waals surface area contributed by atoms with E-state index in [-0.39, 0.29) is 12.1 Å². The van der Waals surface area contributed by atoms with Crippen LogP contribution >= 0.6 is 11.3 Å². The molecule has 1 fully saturated rings. The summed E-state index contributed by atoms with van der Waals surface area (Å²) in [5.74, 6) is 0. The van der Waals surface area contributed by atoms with E-state index in [2.05, 4.69) is 24.4 Å². The Morgan fingerprint density at radius 1 is 1.50 bits per heavy atom. The van der Waals surface area contributed by atoms with Gasteiger partial charge in [-0.3, -0.25) is 0 Å². The zero-order chi connectivity index (χ0) is 11.4. The van der Waals surface area contributed by atoms with Crippen molar-refractivity contribution in [2.75, 3.05) is 26.9 Å². The highest BCUT2D eigenvalue weighted by molar-refractivity contribution is 7.12. The molecule has 0 amide bonds. The minimum Gasteiger partial charge on any atom is -0.376 e. The van der Waals surface area contributed by atoms with E-state index in [0.717, 1.165) is 13.0 Å². The second kappa shape index (κ2) is 5.77. The van der Waals surface area contributed by atoms with Gasteiger partial charge in [0.15, 0.2) is 0 Å². The van der Waals surface area contributed by atoms with Gasteiger partial charge in [0, 0.05) is 9.75 Å². The maximum atomic E-state index is 5.75. The van der Waals surface area contributed by atoms with Gasteiger partial charge < -0.3 is 14.8 Å². The highest BCUT2D eigenvalue weighted by Gasteiger charge is 2.26. The van der Waals surface area contributed by atoms with Gasteiger partial charge in [0.25, 0.3) is 0 Å². The fourth-order valence-corrected chi connectivity index (χ4v) is 3.08. The van der Waals surface area contributed by atoms with Gasteiger partial charge in [-0.2, -0.15) is 0 Å². The molecule has 90 valence electrons. The van der Waals surface area contributed by atoms with Gasteiger partial charge in [-0.25, -0.2) is 0 Å². The van der Waals surface area contributed by atoms with Gasteiger partial charge in [0.05, 0.1) is 25.9 Å². The SMILES string of the molecule is CCc1ccc(C(NC)C2COCCO2)s1. The van der Waals surface area contributed by atoms with Crippen LogP contribution in [0, 0.1) is 0 Å². The van der Waals surface area contributed by atoms with Crippen molar-refractivity contribution in [2.45, 2.75) is 25.5 Å². The smallest absolute Gasteiger partial charge is 0.101 e. The van der Waals surface area contributed by atoms with Gasteiger partial charge in [-0.15, -0.1) is 11.3 Å². The first-order valence-electron chi connectivity index (χ1n) is 5.80. The molecule has 2 atom stereocenters. The fourth-order valence-electron chi connectivity index (χ4n) is 1.96. The fraction of sp³-hybridized carbons (Fsp3) is 0.667. The van der Waals surface area contributed by atoms with Gasteiger partial charge in [0.1, 0.15) is 6.10 Å².